The second-order valence-corrected chi connectivity index (χ2v) is 5.87. The molecular formula is C23H20O4. The molecule has 0 radical (unpaired) electrons. The van der Waals surface area contributed by atoms with Crippen LogP contribution in [-0.4, -0.2) is 25.0 Å². The number of carbonyl (C=O) groups is 2. The summed E-state index contributed by atoms with van der Waals surface area (Å²) in [6.07, 6.45) is 0. The number of ketones is 1. The van der Waals surface area contributed by atoms with Crippen LogP contribution < -0.4 is 4.74 Å². The fourth-order valence-electron chi connectivity index (χ4n) is 2.75. The van der Waals surface area contributed by atoms with Crippen LogP contribution >= 0.6 is 0 Å². The van der Waals surface area contributed by atoms with Gasteiger partial charge in [-0.3, -0.25) is 4.79 Å². The predicted octanol–water partition coefficient (Wildman–Crippen LogP) is 4.79. The van der Waals surface area contributed by atoms with Gasteiger partial charge < -0.3 is 9.47 Å². The van der Waals surface area contributed by atoms with Crippen LogP contribution in [0.4, 0.5) is 0 Å². The maximum Gasteiger partial charge on any atom is 0.339 e. The molecule has 0 bridgehead atoms. The van der Waals surface area contributed by atoms with Gasteiger partial charge in [-0.25, -0.2) is 4.79 Å². The number of hydrogen-bond donors (Lipinski definition) is 0. The number of rotatable bonds is 7. The fraction of sp³-hybridized carbons (Fsp3) is 0.130. The number of ether oxygens (including phenoxy) is 2. The molecule has 4 heteroatoms. The number of hydrogen-bond acceptors (Lipinski definition) is 4. The van der Waals surface area contributed by atoms with Gasteiger partial charge in [0.2, 0.25) is 0 Å². The lowest BCUT2D eigenvalue weighted by atomic mass is 9.99. The minimum atomic E-state index is -0.531. The molecule has 0 aliphatic carbocycles. The Labute approximate surface area is 158 Å². The van der Waals surface area contributed by atoms with E-state index in [1.165, 1.54) is 0 Å². The summed E-state index contributed by atoms with van der Waals surface area (Å²) >= 11 is 0. The quantitative estimate of drug-likeness (QED) is 0.449. The van der Waals surface area contributed by atoms with Crippen molar-refractivity contribution in [2.45, 2.75) is 6.92 Å². The number of benzene rings is 3. The molecule has 27 heavy (non-hydrogen) atoms. The highest BCUT2D eigenvalue weighted by molar-refractivity contribution is 6.01. The molecule has 0 saturated heterocycles. The van der Waals surface area contributed by atoms with E-state index in [0.717, 1.165) is 16.9 Å². The average Bonchev–Trinajstić information content (AvgIpc) is 2.73. The van der Waals surface area contributed by atoms with Crippen LogP contribution in [0, 0.1) is 0 Å². The van der Waals surface area contributed by atoms with E-state index in [0.29, 0.717) is 17.7 Å². The van der Waals surface area contributed by atoms with Gasteiger partial charge in [-0.15, -0.1) is 0 Å². The fourth-order valence-corrected chi connectivity index (χ4v) is 2.75. The summed E-state index contributed by atoms with van der Waals surface area (Å²) in [5.41, 5.74) is 2.51. The Kier molecular flexibility index (Phi) is 6.00. The predicted molar refractivity (Wildman–Crippen MR) is 104 cm³/mol. The Hall–Kier alpha value is -3.40. The van der Waals surface area contributed by atoms with Gasteiger partial charge in [0, 0.05) is 5.56 Å². The molecule has 0 aromatic heterocycles. The smallest absolute Gasteiger partial charge is 0.339 e. The molecule has 4 nitrogen and oxygen atoms in total. The first-order valence-corrected chi connectivity index (χ1v) is 8.76. The molecule has 3 rings (SSSR count). The first kappa shape index (κ1) is 18.4. The van der Waals surface area contributed by atoms with E-state index in [1.807, 2.05) is 49.4 Å². The zero-order valence-corrected chi connectivity index (χ0v) is 15.1. The zero-order valence-electron chi connectivity index (χ0n) is 15.1. The van der Waals surface area contributed by atoms with E-state index in [2.05, 4.69) is 0 Å². The summed E-state index contributed by atoms with van der Waals surface area (Å²) in [5, 5.41) is 0. The summed E-state index contributed by atoms with van der Waals surface area (Å²) in [4.78, 5) is 24.7. The van der Waals surface area contributed by atoms with Crippen LogP contribution in [0.3, 0.4) is 0 Å². The van der Waals surface area contributed by atoms with Crippen LogP contribution in [0.2, 0.25) is 0 Å². The zero-order chi connectivity index (χ0) is 19.1. The standard InChI is InChI=1S/C23H20O4/c1-2-26-19-12-8-11-18(15-19)20-13-6-7-14-21(20)23(25)27-16-22(24)17-9-4-3-5-10-17/h3-15H,2,16H2,1H3. The maximum atomic E-state index is 12.6. The van der Waals surface area contributed by atoms with Gasteiger partial charge in [-0.1, -0.05) is 60.7 Å². The highest BCUT2D eigenvalue weighted by atomic mass is 16.5. The molecule has 0 saturated carbocycles. The van der Waals surface area contributed by atoms with E-state index < -0.39 is 5.97 Å². The van der Waals surface area contributed by atoms with Crippen molar-refractivity contribution >= 4 is 11.8 Å². The van der Waals surface area contributed by atoms with Crippen LogP contribution in [0.25, 0.3) is 11.1 Å². The van der Waals surface area contributed by atoms with Crippen molar-refractivity contribution in [3.63, 3.8) is 0 Å². The third-order valence-corrected chi connectivity index (χ3v) is 4.03. The molecule has 0 fully saturated rings. The van der Waals surface area contributed by atoms with Crippen molar-refractivity contribution in [2.75, 3.05) is 13.2 Å². The molecule has 0 spiro atoms. The largest absolute Gasteiger partial charge is 0.494 e. The molecule has 0 heterocycles. The van der Waals surface area contributed by atoms with Crippen LogP contribution in [0.5, 0.6) is 5.75 Å². The van der Waals surface area contributed by atoms with Crippen molar-refractivity contribution in [2.24, 2.45) is 0 Å². The van der Waals surface area contributed by atoms with Gasteiger partial charge in [-0.05, 0) is 36.2 Å². The molecule has 0 N–H and O–H groups in total. The van der Waals surface area contributed by atoms with Gasteiger partial charge in [0.1, 0.15) is 5.75 Å². The summed E-state index contributed by atoms with van der Waals surface area (Å²) in [6.45, 7) is 2.19. The van der Waals surface area contributed by atoms with Gasteiger partial charge in [-0.2, -0.15) is 0 Å². The van der Waals surface area contributed by atoms with Gasteiger partial charge in [0.05, 0.1) is 12.2 Å². The number of Topliss-reactive ketones (excluding diaryl/α,β-unsaturated/α-hetero) is 1. The summed E-state index contributed by atoms with van der Waals surface area (Å²) in [7, 11) is 0. The molecule has 0 atom stereocenters. The third-order valence-electron chi connectivity index (χ3n) is 4.03. The Morgan fingerprint density at radius 1 is 0.852 bits per heavy atom. The van der Waals surface area contributed by atoms with E-state index >= 15 is 0 Å². The minimum Gasteiger partial charge on any atom is -0.494 e. The van der Waals surface area contributed by atoms with Crippen molar-refractivity contribution in [3.8, 4) is 16.9 Å². The Bertz CT molecular complexity index is 932. The number of carbonyl (C=O) groups excluding carboxylic acids is 2. The minimum absolute atomic E-state index is 0.236. The maximum absolute atomic E-state index is 12.6. The van der Waals surface area contributed by atoms with Crippen LogP contribution in [0.1, 0.15) is 27.6 Å². The summed E-state index contributed by atoms with van der Waals surface area (Å²) in [5.74, 6) is -0.0334. The Morgan fingerprint density at radius 3 is 2.37 bits per heavy atom. The lowest BCUT2D eigenvalue weighted by molar-refractivity contribution is 0.0475. The summed E-state index contributed by atoms with van der Waals surface area (Å²) in [6, 6.07) is 23.5. The highest BCUT2D eigenvalue weighted by Gasteiger charge is 2.16. The van der Waals surface area contributed by atoms with Crippen LogP contribution in [-0.2, 0) is 4.74 Å². The SMILES string of the molecule is CCOc1cccc(-c2ccccc2C(=O)OCC(=O)c2ccccc2)c1. The Morgan fingerprint density at radius 2 is 1.59 bits per heavy atom. The van der Waals surface area contributed by atoms with Crippen LogP contribution in [0.15, 0.2) is 78.9 Å². The second kappa shape index (κ2) is 8.81. The second-order valence-electron chi connectivity index (χ2n) is 5.87. The van der Waals surface area contributed by atoms with Crippen molar-refractivity contribution in [1.29, 1.82) is 0 Å². The molecule has 136 valence electrons. The molecule has 0 aliphatic rings. The third kappa shape index (κ3) is 4.61. The average molecular weight is 360 g/mol. The van der Waals surface area contributed by atoms with E-state index in [9.17, 15) is 9.59 Å². The topological polar surface area (TPSA) is 52.6 Å². The number of esters is 1. The first-order chi connectivity index (χ1) is 13.2. The van der Waals surface area contributed by atoms with Crippen molar-refractivity contribution < 1.29 is 19.1 Å². The molecule has 0 aliphatic heterocycles. The highest BCUT2D eigenvalue weighted by Crippen LogP contribution is 2.27. The molecule has 0 amide bonds. The van der Waals surface area contributed by atoms with Crippen molar-refractivity contribution in [1.82, 2.24) is 0 Å². The normalized spacial score (nSPS) is 10.3. The lowest BCUT2D eigenvalue weighted by Gasteiger charge is -2.11. The molecular weight excluding hydrogens is 340 g/mol. The summed E-state index contributed by atoms with van der Waals surface area (Å²) < 4.78 is 10.8. The molecule has 3 aromatic carbocycles. The van der Waals surface area contributed by atoms with E-state index in [-0.39, 0.29) is 12.4 Å². The van der Waals surface area contributed by atoms with Gasteiger partial charge in [0.25, 0.3) is 0 Å². The van der Waals surface area contributed by atoms with Gasteiger partial charge >= 0.3 is 5.97 Å². The van der Waals surface area contributed by atoms with Gasteiger partial charge in [0.15, 0.2) is 12.4 Å². The van der Waals surface area contributed by atoms with Crippen molar-refractivity contribution in [3.05, 3.63) is 90.0 Å². The molecule has 0 unspecified atom stereocenters. The lowest BCUT2D eigenvalue weighted by Crippen LogP contribution is -2.14. The first-order valence-electron chi connectivity index (χ1n) is 8.76. The Balaban J connectivity index is 1.78. The van der Waals surface area contributed by atoms with E-state index in [4.69, 9.17) is 9.47 Å². The molecule has 3 aromatic rings. The monoisotopic (exact) mass is 360 g/mol. The van der Waals surface area contributed by atoms with E-state index in [1.54, 1.807) is 36.4 Å².